The third-order valence-electron chi connectivity index (χ3n) is 3.01. The maximum absolute atomic E-state index is 4.30. The fraction of sp³-hybridized carbons (Fsp3) is 0.133. The number of fused-ring (bicyclic) bond motifs is 1. The molecule has 4 nitrogen and oxygen atoms in total. The van der Waals surface area contributed by atoms with E-state index in [0.29, 0.717) is 5.82 Å². The molecule has 94 valence electrons. The topological polar surface area (TPSA) is 42.5 Å². The summed E-state index contributed by atoms with van der Waals surface area (Å²) in [7, 11) is 0. The van der Waals surface area contributed by atoms with Gasteiger partial charge in [0.15, 0.2) is 5.82 Å². The van der Waals surface area contributed by atoms with Crippen LogP contribution in [0.5, 0.6) is 0 Å². The molecule has 0 saturated carbocycles. The van der Waals surface area contributed by atoms with Gasteiger partial charge in [-0.1, -0.05) is 36.4 Å². The van der Waals surface area contributed by atoms with Crippen LogP contribution in [0.15, 0.2) is 65.2 Å². The molecule has 0 spiro atoms. The molecule has 3 rings (SSSR count). The molecule has 19 heavy (non-hydrogen) atoms. The third-order valence-corrected chi connectivity index (χ3v) is 3.01. The SMILES string of the molecule is CCn1cnc(N=Nc2cccc3ccccc23)c1. The lowest BCUT2D eigenvalue weighted by Crippen LogP contribution is -1.86. The lowest BCUT2D eigenvalue weighted by atomic mass is 10.1. The van der Waals surface area contributed by atoms with E-state index in [1.54, 1.807) is 6.33 Å². The Labute approximate surface area is 111 Å². The molecule has 0 aliphatic carbocycles. The Bertz CT molecular complexity index is 722. The summed E-state index contributed by atoms with van der Waals surface area (Å²) in [5, 5.41) is 10.8. The Balaban J connectivity index is 1.96. The van der Waals surface area contributed by atoms with Crippen molar-refractivity contribution in [3.8, 4) is 0 Å². The second-order valence-corrected chi connectivity index (χ2v) is 4.26. The lowest BCUT2D eigenvalue weighted by molar-refractivity contribution is 0.761. The van der Waals surface area contributed by atoms with Gasteiger partial charge in [0.1, 0.15) is 0 Å². The molecule has 3 aromatic rings. The van der Waals surface area contributed by atoms with Crippen molar-refractivity contribution in [2.75, 3.05) is 0 Å². The summed E-state index contributed by atoms with van der Waals surface area (Å²) >= 11 is 0. The predicted octanol–water partition coefficient (Wildman–Crippen LogP) is 4.47. The summed E-state index contributed by atoms with van der Waals surface area (Å²) in [5.41, 5.74) is 0.865. The van der Waals surface area contributed by atoms with Gasteiger partial charge in [-0.25, -0.2) is 4.98 Å². The highest BCUT2D eigenvalue weighted by Crippen LogP contribution is 2.26. The number of hydrogen-bond acceptors (Lipinski definition) is 3. The van der Waals surface area contributed by atoms with Gasteiger partial charge in [-0.2, -0.15) is 0 Å². The number of imidazole rings is 1. The average molecular weight is 250 g/mol. The minimum absolute atomic E-state index is 0.634. The van der Waals surface area contributed by atoms with Gasteiger partial charge in [-0.15, -0.1) is 10.2 Å². The summed E-state index contributed by atoms with van der Waals surface area (Å²) in [4.78, 5) is 4.18. The van der Waals surface area contributed by atoms with Gasteiger partial charge in [0.25, 0.3) is 0 Å². The lowest BCUT2D eigenvalue weighted by Gasteiger charge is -1.99. The van der Waals surface area contributed by atoms with Gasteiger partial charge >= 0.3 is 0 Å². The Morgan fingerprint density at radius 3 is 2.74 bits per heavy atom. The van der Waals surface area contributed by atoms with Gasteiger partial charge in [0.05, 0.1) is 18.2 Å². The standard InChI is InChI=1S/C15H14N4/c1-2-19-10-15(16-11-19)18-17-14-9-5-7-12-6-3-4-8-13(12)14/h3-11H,2H2,1H3. The van der Waals surface area contributed by atoms with E-state index in [2.05, 4.69) is 34.3 Å². The molecule has 0 aliphatic heterocycles. The smallest absolute Gasteiger partial charge is 0.192 e. The van der Waals surface area contributed by atoms with Crippen LogP contribution in [0.4, 0.5) is 11.5 Å². The molecule has 0 saturated heterocycles. The van der Waals surface area contributed by atoms with Crippen LogP contribution in [0.3, 0.4) is 0 Å². The zero-order valence-electron chi connectivity index (χ0n) is 10.7. The largest absolute Gasteiger partial charge is 0.335 e. The summed E-state index contributed by atoms with van der Waals surface area (Å²) < 4.78 is 1.97. The highest BCUT2D eigenvalue weighted by atomic mass is 15.2. The van der Waals surface area contributed by atoms with E-state index < -0.39 is 0 Å². The third kappa shape index (κ3) is 2.38. The van der Waals surface area contributed by atoms with Crippen LogP contribution in [0.2, 0.25) is 0 Å². The van der Waals surface area contributed by atoms with Crippen molar-refractivity contribution >= 4 is 22.3 Å². The minimum Gasteiger partial charge on any atom is -0.335 e. The molecule has 0 unspecified atom stereocenters. The van der Waals surface area contributed by atoms with Crippen LogP contribution in [0.1, 0.15) is 6.92 Å². The van der Waals surface area contributed by atoms with Crippen molar-refractivity contribution in [2.45, 2.75) is 13.5 Å². The number of hydrogen-bond donors (Lipinski definition) is 0. The van der Waals surface area contributed by atoms with Crippen LogP contribution in [0, 0.1) is 0 Å². The van der Waals surface area contributed by atoms with E-state index in [0.717, 1.165) is 23.0 Å². The second kappa shape index (κ2) is 5.02. The fourth-order valence-electron chi connectivity index (χ4n) is 1.97. The number of azo groups is 1. The number of rotatable bonds is 3. The van der Waals surface area contributed by atoms with Crippen molar-refractivity contribution in [3.05, 3.63) is 55.0 Å². The number of benzene rings is 2. The highest BCUT2D eigenvalue weighted by Gasteiger charge is 1.99. The molecule has 1 heterocycles. The molecule has 0 atom stereocenters. The van der Waals surface area contributed by atoms with Crippen molar-refractivity contribution < 1.29 is 0 Å². The Kier molecular flexibility index (Phi) is 3.06. The summed E-state index contributed by atoms with van der Waals surface area (Å²) in [6.07, 6.45) is 3.64. The summed E-state index contributed by atoms with van der Waals surface area (Å²) in [6.45, 7) is 2.95. The fourth-order valence-corrected chi connectivity index (χ4v) is 1.97. The van der Waals surface area contributed by atoms with Crippen molar-refractivity contribution in [1.82, 2.24) is 9.55 Å². The molecule has 0 fully saturated rings. The van der Waals surface area contributed by atoms with Gasteiger partial charge in [0, 0.05) is 11.9 Å². The Hall–Kier alpha value is -2.49. The van der Waals surface area contributed by atoms with E-state index in [9.17, 15) is 0 Å². The van der Waals surface area contributed by atoms with Crippen LogP contribution >= 0.6 is 0 Å². The Morgan fingerprint density at radius 2 is 1.89 bits per heavy atom. The van der Waals surface area contributed by atoms with Gasteiger partial charge < -0.3 is 4.57 Å². The molecule has 0 amide bonds. The normalized spacial score (nSPS) is 11.4. The number of nitrogens with zero attached hydrogens (tertiary/aromatic N) is 4. The van der Waals surface area contributed by atoms with Crippen LogP contribution in [-0.2, 0) is 6.54 Å². The van der Waals surface area contributed by atoms with Gasteiger partial charge in [-0.3, -0.25) is 0 Å². The summed E-state index contributed by atoms with van der Waals surface area (Å²) in [6, 6.07) is 14.2. The first-order chi connectivity index (χ1) is 9.36. The summed E-state index contributed by atoms with van der Waals surface area (Å²) in [5.74, 6) is 0.634. The maximum atomic E-state index is 4.30. The molecule has 0 bridgehead atoms. The minimum atomic E-state index is 0.634. The molecular weight excluding hydrogens is 236 g/mol. The van der Waals surface area contributed by atoms with Crippen LogP contribution < -0.4 is 0 Å². The monoisotopic (exact) mass is 250 g/mol. The molecule has 4 heteroatoms. The van der Waals surface area contributed by atoms with Crippen molar-refractivity contribution in [2.24, 2.45) is 10.2 Å². The van der Waals surface area contributed by atoms with Crippen LogP contribution in [-0.4, -0.2) is 9.55 Å². The average Bonchev–Trinajstić information content (AvgIpc) is 2.93. The first-order valence-corrected chi connectivity index (χ1v) is 6.28. The van der Waals surface area contributed by atoms with Crippen molar-refractivity contribution in [1.29, 1.82) is 0 Å². The molecule has 1 aromatic heterocycles. The van der Waals surface area contributed by atoms with Gasteiger partial charge in [0.2, 0.25) is 0 Å². The van der Waals surface area contributed by atoms with E-state index in [1.807, 2.05) is 41.1 Å². The Morgan fingerprint density at radius 1 is 1.05 bits per heavy atom. The van der Waals surface area contributed by atoms with E-state index in [4.69, 9.17) is 0 Å². The number of aromatic nitrogens is 2. The van der Waals surface area contributed by atoms with E-state index in [-0.39, 0.29) is 0 Å². The second-order valence-electron chi connectivity index (χ2n) is 4.26. The first kappa shape index (κ1) is 11.6. The number of aryl methyl sites for hydroxylation is 1. The molecule has 2 aromatic carbocycles. The van der Waals surface area contributed by atoms with E-state index in [1.165, 1.54) is 0 Å². The predicted molar refractivity (Wildman–Crippen MR) is 76.0 cm³/mol. The molecular formula is C15H14N4. The molecule has 0 radical (unpaired) electrons. The quantitative estimate of drug-likeness (QED) is 0.632. The maximum Gasteiger partial charge on any atom is 0.192 e. The highest BCUT2D eigenvalue weighted by molar-refractivity contribution is 5.92. The molecule has 0 N–H and O–H groups in total. The molecule has 0 aliphatic rings. The van der Waals surface area contributed by atoms with E-state index >= 15 is 0 Å². The van der Waals surface area contributed by atoms with Gasteiger partial charge in [-0.05, 0) is 18.4 Å². The van der Waals surface area contributed by atoms with Crippen molar-refractivity contribution in [3.63, 3.8) is 0 Å². The first-order valence-electron chi connectivity index (χ1n) is 6.28. The zero-order chi connectivity index (χ0) is 13.1. The zero-order valence-corrected chi connectivity index (χ0v) is 10.7. The van der Waals surface area contributed by atoms with Crippen LogP contribution in [0.25, 0.3) is 10.8 Å².